The summed E-state index contributed by atoms with van der Waals surface area (Å²) in [6, 6.07) is 3.70. The zero-order valence-corrected chi connectivity index (χ0v) is 17.2. The van der Waals surface area contributed by atoms with Crippen molar-refractivity contribution in [1.29, 1.82) is 0 Å². The van der Waals surface area contributed by atoms with Gasteiger partial charge in [-0.2, -0.15) is 0 Å². The topological polar surface area (TPSA) is 76.7 Å². The number of nitrogens with one attached hydrogen (secondary N) is 2. The number of anilines is 2. The van der Waals surface area contributed by atoms with Gasteiger partial charge in [-0.15, -0.1) is 0 Å². The molecule has 0 saturated heterocycles. The summed E-state index contributed by atoms with van der Waals surface area (Å²) in [6.45, 7) is 4.19. The Morgan fingerprint density at radius 3 is 1.67 bits per heavy atom. The molecule has 5 aliphatic rings. The molecule has 6 nitrogen and oxygen atoms in total. The van der Waals surface area contributed by atoms with Crippen LogP contribution in [0.25, 0.3) is 0 Å². The van der Waals surface area contributed by atoms with Gasteiger partial charge in [0.1, 0.15) is 0 Å². The van der Waals surface area contributed by atoms with Gasteiger partial charge in [-0.3, -0.25) is 10.6 Å². The second kappa shape index (κ2) is 6.76. The monoisotopic (exact) mass is 406 g/mol. The lowest BCUT2D eigenvalue weighted by atomic mass is 9.36. The zero-order valence-electron chi connectivity index (χ0n) is 17.2. The standard InChI is InChI=1S/C24H26N2O4/c1-3-29-21(27)25-17-9-10-18(26-22(28)30-4-2)20-16-8-7-15(19(17)20)23-11-5-6-12-24(16,23)14-13-23/h5-10,13-16H,3-4,11-12H2,1-2H3,(H,25,27)(H,26,28)/t15-,16+,23-,24+. The van der Waals surface area contributed by atoms with Crippen LogP contribution in [0, 0.1) is 10.8 Å². The highest BCUT2D eigenvalue weighted by Crippen LogP contribution is 2.76. The second-order valence-electron chi connectivity index (χ2n) is 8.31. The van der Waals surface area contributed by atoms with E-state index < -0.39 is 12.2 Å². The molecule has 0 radical (unpaired) electrons. The van der Waals surface area contributed by atoms with Gasteiger partial charge >= 0.3 is 12.2 Å². The van der Waals surface area contributed by atoms with Crippen LogP contribution in [0.3, 0.4) is 0 Å². The Labute approximate surface area is 176 Å². The molecule has 156 valence electrons. The van der Waals surface area contributed by atoms with Gasteiger partial charge in [0, 0.05) is 34.0 Å². The average Bonchev–Trinajstić information content (AvgIpc) is 2.71. The maximum absolute atomic E-state index is 12.2. The smallest absolute Gasteiger partial charge is 0.411 e. The van der Waals surface area contributed by atoms with Gasteiger partial charge in [0.05, 0.1) is 13.2 Å². The van der Waals surface area contributed by atoms with E-state index in [0.717, 1.165) is 35.3 Å². The third-order valence-corrected chi connectivity index (χ3v) is 7.16. The molecule has 1 aromatic carbocycles. The highest BCUT2D eigenvalue weighted by Gasteiger charge is 2.66. The first kappa shape index (κ1) is 19.0. The Bertz CT molecular complexity index is 934. The van der Waals surface area contributed by atoms with Crippen molar-refractivity contribution < 1.29 is 19.1 Å². The summed E-state index contributed by atoms with van der Waals surface area (Å²) in [5, 5.41) is 5.86. The molecule has 2 bridgehead atoms. The number of amides is 2. The quantitative estimate of drug-likeness (QED) is 0.651. The Morgan fingerprint density at radius 2 is 1.30 bits per heavy atom. The Hall–Kier alpha value is -3.02. The van der Waals surface area contributed by atoms with Crippen molar-refractivity contribution in [3.8, 4) is 0 Å². The van der Waals surface area contributed by atoms with E-state index in [2.05, 4.69) is 47.1 Å². The van der Waals surface area contributed by atoms with Crippen LogP contribution in [0.4, 0.5) is 21.0 Å². The fraction of sp³-hybridized carbons (Fsp3) is 0.417. The maximum Gasteiger partial charge on any atom is 0.411 e. The lowest BCUT2D eigenvalue weighted by Gasteiger charge is -2.67. The van der Waals surface area contributed by atoms with E-state index in [0.29, 0.717) is 13.2 Å². The fourth-order valence-corrected chi connectivity index (χ4v) is 5.98. The van der Waals surface area contributed by atoms with Gasteiger partial charge in [0.15, 0.2) is 0 Å². The first-order valence-corrected chi connectivity index (χ1v) is 10.6. The van der Waals surface area contributed by atoms with E-state index in [1.165, 1.54) is 0 Å². The summed E-state index contributed by atoms with van der Waals surface area (Å²) in [4.78, 5) is 24.5. The summed E-state index contributed by atoms with van der Waals surface area (Å²) < 4.78 is 10.3. The Balaban J connectivity index is 1.65. The summed E-state index contributed by atoms with van der Waals surface area (Å²) in [6.07, 6.45) is 14.8. The van der Waals surface area contributed by atoms with Crippen molar-refractivity contribution in [2.45, 2.75) is 38.5 Å². The van der Waals surface area contributed by atoms with E-state index in [1.54, 1.807) is 13.8 Å². The molecule has 2 amide bonds. The average molecular weight is 406 g/mol. The van der Waals surface area contributed by atoms with E-state index in [1.807, 2.05) is 12.1 Å². The van der Waals surface area contributed by atoms with Crippen LogP contribution in [-0.2, 0) is 9.47 Å². The van der Waals surface area contributed by atoms with Crippen LogP contribution in [0.15, 0.2) is 48.6 Å². The molecule has 0 aromatic heterocycles. The van der Waals surface area contributed by atoms with Crippen LogP contribution in [0.5, 0.6) is 0 Å². The van der Waals surface area contributed by atoms with Gasteiger partial charge < -0.3 is 9.47 Å². The number of carbonyl (C=O) groups excluding carboxylic acids is 2. The van der Waals surface area contributed by atoms with Gasteiger partial charge in [0.2, 0.25) is 0 Å². The first-order valence-electron chi connectivity index (χ1n) is 10.6. The first-order chi connectivity index (χ1) is 14.6. The summed E-state index contributed by atoms with van der Waals surface area (Å²) in [5.74, 6) is 0.238. The SMILES string of the molecule is CCOC(=O)Nc1ccc(NC(=O)OCC)c2c1[C@H]1C=C[C@@H]2[C@]23C=C[C@]12CC=CC3. The minimum Gasteiger partial charge on any atom is -0.450 e. The molecule has 2 N–H and O–H groups in total. The summed E-state index contributed by atoms with van der Waals surface area (Å²) in [7, 11) is 0. The van der Waals surface area contributed by atoms with Crippen LogP contribution in [-0.4, -0.2) is 25.4 Å². The van der Waals surface area contributed by atoms with Crippen molar-refractivity contribution in [2.24, 2.45) is 10.8 Å². The van der Waals surface area contributed by atoms with Crippen molar-refractivity contribution in [3.05, 3.63) is 59.7 Å². The highest BCUT2D eigenvalue weighted by molar-refractivity contribution is 5.92. The van der Waals surface area contributed by atoms with Gasteiger partial charge in [-0.05, 0) is 49.9 Å². The van der Waals surface area contributed by atoms with E-state index in [-0.39, 0.29) is 22.7 Å². The third-order valence-electron chi connectivity index (χ3n) is 7.16. The summed E-state index contributed by atoms with van der Waals surface area (Å²) in [5.41, 5.74) is 3.66. The van der Waals surface area contributed by atoms with Crippen LogP contribution >= 0.6 is 0 Å². The minimum absolute atomic E-state index is 0.0157. The number of hydrogen-bond acceptors (Lipinski definition) is 4. The van der Waals surface area contributed by atoms with Gasteiger partial charge in [0.25, 0.3) is 0 Å². The van der Waals surface area contributed by atoms with E-state index >= 15 is 0 Å². The molecule has 6 rings (SSSR count). The van der Waals surface area contributed by atoms with Crippen molar-refractivity contribution >= 4 is 23.6 Å². The molecule has 0 unspecified atom stereocenters. The molecule has 0 heterocycles. The van der Waals surface area contributed by atoms with Crippen LogP contribution in [0.1, 0.15) is 49.7 Å². The predicted molar refractivity (Wildman–Crippen MR) is 115 cm³/mol. The Kier molecular flexibility index (Phi) is 4.27. The number of benzene rings is 1. The highest BCUT2D eigenvalue weighted by atomic mass is 16.6. The minimum atomic E-state index is -0.465. The molecule has 1 aromatic rings. The van der Waals surface area contributed by atoms with E-state index in [4.69, 9.17) is 9.47 Å². The molecule has 5 aliphatic carbocycles. The Morgan fingerprint density at radius 1 is 0.867 bits per heavy atom. The molecule has 0 spiro atoms. The van der Waals surface area contributed by atoms with Crippen molar-refractivity contribution in [3.63, 3.8) is 0 Å². The van der Waals surface area contributed by atoms with Crippen molar-refractivity contribution in [2.75, 3.05) is 23.8 Å². The zero-order chi connectivity index (χ0) is 20.9. The maximum atomic E-state index is 12.2. The molecule has 30 heavy (non-hydrogen) atoms. The second-order valence-corrected chi connectivity index (χ2v) is 8.31. The molecule has 0 fully saturated rings. The fourth-order valence-electron chi connectivity index (χ4n) is 5.98. The molecule has 4 atom stereocenters. The molecule has 0 aliphatic heterocycles. The van der Waals surface area contributed by atoms with Gasteiger partial charge in [-0.1, -0.05) is 36.5 Å². The predicted octanol–water partition coefficient (Wildman–Crippen LogP) is 5.47. The third kappa shape index (κ3) is 2.36. The number of ether oxygens (including phenoxy) is 2. The summed E-state index contributed by atoms with van der Waals surface area (Å²) >= 11 is 0. The number of hydrogen-bond donors (Lipinski definition) is 2. The lowest BCUT2D eigenvalue weighted by molar-refractivity contribution is 0.0369. The molecular weight excluding hydrogens is 380 g/mol. The van der Waals surface area contributed by atoms with Crippen LogP contribution in [0.2, 0.25) is 0 Å². The lowest BCUT2D eigenvalue weighted by Crippen LogP contribution is -2.58. The number of carbonyl (C=O) groups is 2. The van der Waals surface area contributed by atoms with Crippen molar-refractivity contribution in [1.82, 2.24) is 0 Å². The number of rotatable bonds is 4. The normalized spacial score (nSPS) is 31.1. The largest absolute Gasteiger partial charge is 0.450 e. The van der Waals surface area contributed by atoms with Crippen LogP contribution < -0.4 is 10.6 Å². The molecule has 6 heteroatoms. The molecular formula is C24H26N2O4. The molecule has 0 saturated carbocycles. The van der Waals surface area contributed by atoms with E-state index in [9.17, 15) is 9.59 Å². The van der Waals surface area contributed by atoms with Gasteiger partial charge in [-0.25, -0.2) is 9.59 Å². The number of allylic oxidation sites excluding steroid dienone is 6.